The van der Waals surface area contributed by atoms with Gasteiger partial charge in [0.15, 0.2) is 0 Å². The van der Waals surface area contributed by atoms with Gasteiger partial charge in [-0.15, -0.1) is 0 Å². The maximum absolute atomic E-state index is 8.25. The van der Waals surface area contributed by atoms with Gasteiger partial charge in [-0.05, 0) is 0 Å². The summed E-state index contributed by atoms with van der Waals surface area (Å²) in [6.07, 6.45) is 0. The third-order valence-corrected chi connectivity index (χ3v) is 0. The molecule has 0 aromatic carbocycles. The van der Waals surface area contributed by atoms with Gasteiger partial charge in [0.2, 0.25) is 0 Å². The van der Waals surface area contributed by atoms with Gasteiger partial charge in [-0.2, -0.15) is 0 Å². The van der Waals surface area contributed by atoms with Gasteiger partial charge >= 0.3 is 78.6 Å². The SMILES string of the molecule is O=[N+]([O-])[O-].[Bi+3].[Bi+3].[Bi+3].[O-2].[O-2].[O-2].[O-2]. The normalized spacial score (nSPS) is 2.18. The molecule has 11 heteroatoms. The second-order valence-electron chi connectivity index (χ2n) is 0.224. The number of hydrogen-bond donors (Lipinski definition) is 0. The molecular weight excluding hydrogens is 753 g/mol. The zero-order valence-electron chi connectivity index (χ0n) is 4.65. The van der Waals surface area contributed by atoms with Crippen LogP contribution >= 0.6 is 0 Å². The Morgan fingerprint density at radius 1 is 0.727 bits per heavy atom. The molecule has 0 saturated heterocycles. The zero-order valence-corrected chi connectivity index (χ0v) is 15.1. The van der Waals surface area contributed by atoms with Crippen LogP contribution in [0, 0.1) is 15.3 Å². The Hall–Kier alpha value is 1.69. The summed E-state index contributed by atoms with van der Waals surface area (Å²) in [5.41, 5.74) is 0. The van der Waals surface area contributed by atoms with Crippen molar-refractivity contribution in [1.29, 1.82) is 0 Å². The monoisotopic (exact) mass is 753 g/mol. The fourth-order valence-corrected chi connectivity index (χ4v) is 0. The molecule has 0 atom stereocenters. The first-order valence-corrected chi connectivity index (χ1v) is 0.548. The Morgan fingerprint density at radius 3 is 0.727 bits per heavy atom. The molecule has 0 aromatic rings. The Morgan fingerprint density at radius 2 is 0.727 bits per heavy atom. The van der Waals surface area contributed by atoms with Gasteiger partial charge in [-0.1, -0.05) is 0 Å². The summed E-state index contributed by atoms with van der Waals surface area (Å²) < 4.78 is 0. The van der Waals surface area contributed by atoms with E-state index in [2.05, 4.69) is 0 Å². The van der Waals surface area contributed by atoms with Crippen molar-refractivity contribution in [2.24, 2.45) is 0 Å². The van der Waals surface area contributed by atoms with Gasteiger partial charge in [0.25, 0.3) is 0 Å². The molecule has 0 aliphatic heterocycles. The molecule has 0 fully saturated rings. The van der Waals surface area contributed by atoms with Crippen molar-refractivity contribution in [3.8, 4) is 0 Å². The summed E-state index contributed by atoms with van der Waals surface area (Å²) in [7, 11) is 0. The minimum absolute atomic E-state index is 0. The van der Waals surface area contributed by atoms with Crippen molar-refractivity contribution in [1.82, 2.24) is 0 Å². The van der Waals surface area contributed by atoms with Crippen LogP contribution < -0.4 is 0 Å². The average Bonchev–Trinajstić information content (AvgIpc) is 0.811. The quantitative estimate of drug-likeness (QED) is 0.160. The van der Waals surface area contributed by atoms with E-state index >= 15 is 0 Å². The predicted octanol–water partition coefficient (Wildman–Crippen LogP) is -1.86. The molecule has 0 aliphatic carbocycles. The minimum Gasteiger partial charge on any atom is -2.00 e. The molecule has 0 bridgehead atoms. The fourth-order valence-electron chi connectivity index (χ4n) is 0. The van der Waals surface area contributed by atoms with Crippen LogP contribution in [0.25, 0.3) is 0 Å². The van der Waals surface area contributed by atoms with E-state index in [1.165, 1.54) is 0 Å². The van der Waals surface area contributed by atoms with Crippen LogP contribution in [0.2, 0.25) is 0 Å². The van der Waals surface area contributed by atoms with Crippen molar-refractivity contribution in [2.45, 2.75) is 0 Å². The maximum atomic E-state index is 8.25. The molecule has 0 heterocycles. The van der Waals surface area contributed by atoms with Crippen LogP contribution in [0.5, 0.6) is 0 Å². The summed E-state index contributed by atoms with van der Waals surface area (Å²) >= 11 is 0. The topological polar surface area (TPSA) is 180 Å². The van der Waals surface area contributed by atoms with Crippen molar-refractivity contribution in [2.75, 3.05) is 0 Å². The summed E-state index contributed by atoms with van der Waals surface area (Å²) in [5, 5.41) is 14.8. The van der Waals surface area contributed by atoms with Crippen LogP contribution in [0.4, 0.5) is 0 Å². The van der Waals surface area contributed by atoms with E-state index in [-0.39, 0.29) is 101 Å². The summed E-state index contributed by atoms with van der Waals surface area (Å²) in [6.45, 7) is 0. The third-order valence-electron chi connectivity index (χ3n) is 0. The van der Waals surface area contributed by atoms with Gasteiger partial charge < -0.3 is 37.2 Å². The standard InChI is InChI=1S/3Bi.NO3.4O/c;;;2-1(3)4;;;;/q3*+3;-1;4*-2. The molecular formula is Bi3NO7. The van der Waals surface area contributed by atoms with Gasteiger partial charge in [0.05, 0.1) is 5.09 Å². The number of rotatable bonds is 0. The first-order valence-electron chi connectivity index (χ1n) is 0.548. The van der Waals surface area contributed by atoms with E-state index in [9.17, 15) is 0 Å². The van der Waals surface area contributed by atoms with Crippen molar-refractivity contribution >= 4 is 78.6 Å². The molecule has 62 valence electrons. The molecule has 0 N–H and O–H groups in total. The van der Waals surface area contributed by atoms with E-state index in [1.807, 2.05) is 0 Å². The maximum Gasteiger partial charge on any atom is 3.00 e. The van der Waals surface area contributed by atoms with E-state index < -0.39 is 5.09 Å². The third kappa shape index (κ3) is 385. The van der Waals surface area contributed by atoms with Gasteiger partial charge in [-0.3, -0.25) is 0 Å². The van der Waals surface area contributed by atoms with Crippen LogP contribution in [0.15, 0.2) is 0 Å². The van der Waals surface area contributed by atoms with E-state index in [4.69, 9.17) is 15.3 Å². The predicted molar refractivity (Wildman–Crippen MR) is 30.4 cm³/mol. The van der Waals surface area contributed by atoms with Crippen molar-refractivity contribution in [3.05, 3.63) is 15.3 Å². The second-order valence-corrected chi connectivity index (χ2v) is 0.224. The largest absolute Gasteiger partial charge is 3.00 e. The van der Waals surface area contributed by atoms with E-state index in [0.29, 0.717) is 0 Å². The molecule has 0 amide bonds. The smallest absolute Gasteiger partial charge is 2.00 e. The fraction of sp³-hybridized carbons (Fsp3) is 0. The molecule has 8 nitrogen and oxygen atoms in total. The number of nitrogens with zero attached hydrogens (tertiary/aromatic N) is 1. The van der Waals surface area contributed by atoms with E-state index in [0.717, 1.165) is 0 Å². The molecule has 0 unspecified atom stereocenters. The molecule has 0 aromatic heterocycles. The zero-order chi connectivity index (χ0) is 3.58. The summed E-state index contributed by atoms with van der Waals surface area (Å²) in [5.74, 6) is 0. The molecule has 0 spiro atoms. The van der Waals surface area contributed by atoms with Crippen LogP contribution in [-0.4, -0.2) is 83.7 Å². The van der Waals surface area contributed by atoms with Gasteiger partial charge in [0, 0.05) is 0 Å². The van der Waals surface area contributed by atoms with Gasteiger partial charge in [0.1, 0.15) is 0 Å². The van der Waals surface area contributed by atoms with Crippen LogP contribution in [-0.2, 0) is 21.9 Å². The number of hydrogen-bond acceptors (Lipinski definition) is 3. The van der Waals surface area contributed by atoms with Crippen molar-refractivity contribution < 1.29 is 27.0 Å². The summed E-state index contributed by atoms with van der Waals surface area (Å²) in [4.78, 5) is 8.25. The Kier molecular flexibility index (Phi) is 435. The molecule has 0 aliphatic rings. The Balaban J connectivity index is -0.00000000214. The molecule has 6 radical (unpaired) electrons. The Bertz CT molecular complexity index is 36.7. The van der Waals surface area contributed by atoms with Crippen LogP contribution in [0.1, 0.15) is 0 Å². The molecule has 0 rings (SSSR count). The molecule has 0 saturated carbocycles. The Labute approximate surface area is 119 Å². The van der Waals surface area contributed by atoms with Gasteiger partial charge in [-0.25, -0.2) is 0 Å². The first-order chi connectivity index (χ1) is 1.73. The van der Waals surface area contributed by atoms with Crippen molar-refractivity contribution in [3.63, 3.8) is 0 Å². The second kappa shape index (κ2) is 60.7. The molecule has 11 heavy (non-hydrogen) atoms. The van der Waals surface area contributed by atoms with Crippen LogP contribution in [0.3, 0.4) is 0 Å². The average molecular weight is 753 g/mol. The summed E-state index contributed by atoms with van der Waals surface area (Å²) in [6, 6.07) is 0. The first kappa shape index (κ1) is 78.8. The van der Waals surface area contributed by atoms with E-state index in [1.54, 1.807) is 0 Å². The minimum atomic E-state index is -1.75.